The number of rotatable bonds is 10. The normalized spacial score (nSPS) is 16.1. The highest BCUT2D eigenvalue weighted by molar-refractivity contribution is 5.90. The lowest BCUT2D eigenvalue weighted by Crippen LogP contribution is -2.49. The Morgan fingerprint density at radius 2 is 1.62 bits per heavy atom. The summed E-state index contributed by atoms with van der Waals surface area (Å²) >= 11 is 0. The average molecular weight is 440 g/mol. The number of nitrogens with one attached hydrogen (secondary N) is 3. The summed E-state index contributed by atoms with van der Waals surface area (Å²) in [4.78, 5) is 25.9. The Balaban J connectivity index is 1.54. The number of carbonyl (C=O) groups is 2. The van der Waals surface area contributed by atoms with Crippen LogP contribution in [0.15, 0.2) is 54.6 Å². The van der Waals surface area contributed by atoms with Gasteiger partial charge in [-0.15, -0.1) is 0 Å². The molecule has 32 heavy (non-hydrogen) atoms. The van der Waals surface area contributed by atoms with Gasteiger partial charge in [0.15, 0.2) is 0 Å². The number of amides is 2. The SMILES string of the molecule is CC(C(=O)N[C@@H](CC1CCCCC1)C(=O)NCCNc1ccc(F)cc1)c1ccccc1. The molecule has 0 aliphatic heterocycles. The van der Waals surface area contributed by atoms with Gasteiger partial charge >= 0.3 is 0 Å². The molecule has 5 nitrogen and oxygen atoms in total. The zero-order chi connectivity index (χ0) is 22.8. The lowest BCUT2D eigenvalue weighted by atomic mass is 9.84. The van der Waals surface area contributed by atoms with Crippen molar-refractivity contribution in [3.8, 4) is 0 Å². The van der Waals surface area contributed by atoms with E-state index in [2.05, 4.69) is 16.0 Å². The first kappa shape index (κ1) is 23.8. The van der Waals surface area contributed by atoms with Crippen molar-refractivity contribution >= 4 is 17.5 Å². The number of benzene rings is 2. The van der Waals surface area contributed by atoms with Crippen LogP contribution in [-0.2, 0) is 9.59 Å². The number of anilines is 1. The standard InChI is InChI=1S/C26H34FN3O2/c1-19(21-10-6-3-7-11-21)25(31)30-24(18-20-8-4-2-5-9-20)26(32)29-17-16-28-23-14-12-22(27)13-15-23/h3,6-7,10-15,19-20,24,28H,2,4-5,8-9,16-18H2,1H3,(H,29,32)(H,30,31)/t19?,24-/m0/s1. The third kappa shape index (κ3) is 7.36. The van der Waals surface area contributed by atoms with Crippen molar-refractivity contribution in [3.05, 3.63) is 66.0 Å². The first-order valence-corrected chi connectivity index (χ1v) is 11.7. The van der Waals surface area contributed by atoms with Crippen molar-refractivity contribution in [2.24, 2.45) is 5.92 Å². The van der Waals surface area contributed by atoms with Gasteiger partial charge < -0.3 is 16.0 Å². The molecule has 2 atom stereocenters. The van der Waals surface area contributed by atoms with Crippen LogP contribution in [0.4, 0.5) is 10.1 Å². The maximum Gasteiger partial charge on any atom is 0.242 e. The fourth-order valence-corrected chi connectivity index (χ4v) is 4.26. The van der Waals surface area contributed by atoms with Crippen LogP contribution in [0.1, 0.15) is 56.9 Å². The van der Waals surface area contributed by atoms with E-state index in [4.69, 9.17) is 0 Å². The summed E-state index contributed by atoms with van der Waals surface area (Å²) in [5.74, 6) is -0.418. The average Bonchev–Trinajstić information content (AvgIpc) is 2.83. The summed E-state index contributed by atoms with van der Waals surface area (Å²) in [6, 6.07) is 15.2. The molecule has 2 amide bonds. The number of hydrogen-bond acceptors (Lipinski definition) is 3. The fourth-order valence-electron chi connectivity index (χ4n) is 4.26. The molecule has 1 fully saturated rings. The van der Waals surface area contributed by atoms with Gasteiger partial charge in [-0.25, -0.2) is 4.39 Å². The summed E-state index contributed by atoms with van der Waals surface area (Å²) in [5, 5.41) is 9.12. The van der Waals surface area contributed by atoms with E-state index in [1.54, 1.807) is 12.1 Å². The molecule has 1 saturated carbocycles. The van der Waals surface area contributed by atoms with Crippen molar-refractivity contribution in [1.29, 1.82) is 0 Å². The third-order valence-corrected chi connectivity index (χ3v) is 6.22. The molecular formula is C26H34FN3O2. The Kier molecular flexibility index (Phi) is 9.08. The summed E-state index contributed by atoms with van der Waals surface area (Å²) in [6.45, 7) is 2.80. The topological polar surface area (TPSA) is 70.2 Å². The van der Waals surface area contributed by atoms with Crippen LogP contribution in [0, 0.1) is 11.7 Å². The molecule has 2 aromatic carbocycles. The fraction of sp³-hybridized carbons (Fsp3) is 0.462. The largest absolute Gasteiger partial charge is 0.383 e. The molecule has 0 aromatic heterocycles. The van der Waals surface area contributed by atoms with E-state index in [-0.39, 0.29) is 23.5 Å². The minimum Gasteiger partial charge on any atom is -0.383 e. The highest BCUT2D eigenvalue weighted by atomic mass is 19.1. The molecule has 1 aliphatic carbocycles. The minimum atomic E-state index is -0.539. The summed E-state index contributed by atoms with van der Waals surface area (Å²) in [7, 11) is 0. The molecule has 0 bridgehead atoms. The van der Waals surface area contributed by atoms with Crippen molar-refractivity contribution in [2.45, 2.75) is 57.4 Å². The summed E-state index contributed by atoms with van der Waals surface area (Å²) < 4.78 is 13.0. The molecule has 1 aliphatic rings. The van der Waals surface area contributed by atoms with Gasteiger partial charge in [0.25, 0.3) is 0 Å². The Bertz CT molecular complexity index is 851. The molecule has 172 valence electrons. The van der Waals surface area contributed by atoms with Gasteiger partial charge in [0.1, 0.15) is 11.9 Å². The molecule has 0 saturated heterocycles. The maximum absolute atomic E-state index is 13.0. The first-order chi connectivity index (χ1) is 15.5. The lowest BCUT2D eigenvalue weighted by Gasteiger charge is -2.27. The van der Waals surface area contributed by atoms with Crippen LogP contribution in [0.3, 0.4) is 0 Å². The molecular weight excluding hydrogens is 405 g/mol. The molecule has 2 aromatic rings. The maximum atomic E-state index is 13.0. The Labute approximate surface area is 190 Å². The van der Waals surface area contributed by atoms with Crippen LogP contribution >= 0.6 is 0 Å². The first-order valence-electron chi connectivity index (χ1n) is 11.7. The number of halogens is 1. The monoisotopic (exact) mass is 439 g/mol. The molecule has 0 radical (unpaired) electrons. The Morgan fingerprint density at radius 3 is 2.31 bits per heavy atom. The molecule has 6 heteroatoms. The number of hydrogen-bond donors (Lipinski definition) is 3. The zero-order valence-electron chi connectivity index (χ0n) is 18.8. The predicted molar refractivity (Wildman–Crippen MR) is 126 cm³/mol. The highest BCUT2D eigenvalue weighted by Crippen LogP contribution is 2.27. The van der Waals surface area contributed by atoms with Crippen molar-refractivity contribution < 1.29 is 14.0 Å². The molecule has 0 spiro atoms. The van der Waals surface area contributed by atoms with E-state index < -0.39 is 6.04 Å². The van der Waals surface area contributed by atoms with Crippen molar-refractivity contribution in [2.75, 3.05) is 18.4 Å². The van der Waals surface area contributed by atoms with Crippen molar-refractivity contribution in [1.82, 2.24) is 10.6 Å². The van der Waals surface area contributed by atoms with Gasteiger partial charge in [-0.05, 0) is 49.1 Å². The second-order valence-electron chi connectivity index (χ2n) is 8.66. The predicted octanol–water partition coefficient (Wildman–Crippen LogP) is 4.61. The second kappa shape index (κ2) is 12.2. The van der Waals surface area contributed by atoms with Crippen LogP contribution in [0.25, 0.3) is 0 Å². The van der Waals surface area contributed by atoms with E-state index in [1.807, 2.05) is 37.3 Å². The van der Waals surface area contributed by atoms with Crippen LogP contribution in [0.2, 0.25) is 0 Å². The van der Waals surface area contributed by atoms with Gasteiger partial charge in [0.2, 0.25) is 11.8 Å². The van der Waals surface area contributed by atoms with E-state index in [0.717, 1.165) is 24.1 Å². The van der Waals surface area contributed by atoms with Crippen LogP contribution in [0.5, 0.6) is 0 Å². The molecule has 0 heterocycles. The van der Waals surface area contributed by atoms with E-state index in [9.17, 15) is 14.0 Å². The Hall–Kier alpha value is -2.89. The van der Waals surface area contributed by atoms with Crippen molar-refractivity contribution in [3.63, 3.8) is 0 Å². The van der Waals surface area contributed by atoms with E-state index in [1.165, 1.54) is 31.4 Å². The smallest absolute Gasteiger partial charge is 0.242 e. The quantitative estimate of drug-likeness (QED) is 0.474. The lowest BCUT2D eigenvalue weighted by molar-refractivity contribution is -0.130. The third-order valence-electron chi connectivity index (χ3n) is 6.22. The van der Waals surface area contributed by atoms with Gasteiger partial charge in [-0.3, -0.25) is 9.59 Å². The van der Waals surface area contributed by atoms with Gasteiger partial charge in [0.05, 0.1) is 5.92 Å². The molecule has 3 rings (SSSR count). The van der Waals surface area contributed by atoms with Gasteiger partial charge in [0, 0.05) is 18.8 Å². The summed E-state index contributed by atoms with van der Waals surface area (Å²) in [6.07, 6.45) is 6.52. The van der Waals surface area contributed by atoms with Crippen LogP contribution < -0.4 is 16.0 Å². The highest BCUT2D eigenvalue weighted by Gasteiger charge is 2.27. The van der Waals surface area contributed by atoms with E-state index >= 15 is 0 Å². The van der Waals surface area contributed by atoms with Gasteiger partial charge in [-0.1, -0.05) is 62.4 Å². The minimum absolute atomic E-state index is 0.128. The number of carbonyl (C=O) groups excluding carboxylic acids is 2. The second-order valence-corrected chi connectivity index (χ2v) is 8.66. The summed E-state index contributed by atoms with van der Waals surface area (Å²) in [5.41, 5.74) is 1.73. The molecule has 1 unspecified atom stereocenters. The van der Waals surface area contributed by atoms with Gasteiger partial charge in [-0.2, -0.15) is 0 Å². The van der Waals surface area contributed by atoms with Crippen LogP contribution in [-0.4, -0.2) is 30.9 Å². The Morgan fingerprint density at radius 1 is 0.938 bits per heavy atom. The van der Waals surface area contributed by atoms with E-state index in [0.29, 0.717) is 25.4 Å². The zero-order valence-corrected chi connectivity index (χ0v) is 18.8. The molecule has 3 N–H and O–H groups in total.